The monoisotopic (exact) mass is 292 g/mol. The van der Waals surface area contributed by atoms with Gasteiger partial charge >= 0.3 is 0 Å². The van der Waals surface area contributed by atoms with E-state index >= 15 is 0 Å². The molecule has 1 saturated carbocycles. The van der Waals surface area contributed by atoms with Crippen LogP contribution >= 0.6 is 0 Å². The van der Waals surface area contributed by atoms with Crippen LogP contribution < -0.4 is 0 Å². The number of aliphatic hydroxyl groups excluding tert-OH is 1. The zero-order valence-corrected chi connectivity index (χ0v) is 14.3. The second-order valence-electron chi connectivity index (χ2n) is 8.32. The van der Waals surface area contributed by atoms with Gasteiger partial charge < -0.3 is 9.53 Å². The molecule has 1 N–H and O–H groups in total. The van der Waals surface area contributed by atoms with E-state index in [-0.39, 0.29) is 17.2 Å². The number of aliphatic hydroxyl groups is 1. The molecule has 0 heterocycles. The van der Waals surface area contributed by atoms with E-state index in [4.69, 9.17) is 4.43 Å². The Morgan fingerprint density at radius 3 is 2.20 bits per heavy atom. The standard InChI is InChI=1S/C17H28O2Si/c1-17(2,3)20(4,5)19-14-9-8-13(18)15-11-6-7-12(10-11)16(14)15/h6-9,11-16,18H,10H2,1-5H3/t11-,12+,13+,14-,15+,16-/m1/s1. The number of fused-ring (bicyclic) bond motifs is 5. The van der Waals surface area contributed by atoms with Gasteiger partial charge in [-0.1, -0.05) is 45.1 Å². The van der Waals surface area contributed by atoms with Crippen molar-refractivity contribution in [3.05, 3.63) is 24.3 Å². The third-order valence-electron chi connectivity index (χ3n) is 6.09. The SMILES string of the molecule is CC(C)(C)[Si](C)(C)O[C@@H]1C=C[C@H](O)[C@H]2[C@@H]1[C@H]1C=C[C@@H]2C1. The molecule has 3 heteroatoms. The van der Waals surface area contributed by atoms with Gasteiger partial charge in [-0.2, -0.15) is 0 Å². The van der Waals surface area contributed by atoms with Crippen LogP contribution in [-0.4, -0.2) is 25.6 Å². The Morgan fingerprint density at radius 2 is 1.60 bits per heavy atom. The van der Waals surface area contributed by atoms with Gasteiger partial charge in [0.2, 0.25) is 0 Å². The van der Waals surface area contributed by atoms with Crippen LogP contribution in [0.2, 0.25) is 18.1 Å². The van der Waals surface area contributed by atoms with Gasteiger partial charge in [0.15, 0.2) is 8.32 Å². The van der Waals surface area contributed by atoms with Crippen LogP contribution in [0.1, 0.15) is 27.2 Å². The summed E-state index contributed by atoms with van der Waals surface area (Å²) in [7, 11) is -1.76. The first kappa shape index (κ1) is 14.5. The van der Waals surface area contributed by atoms with E-state index in [1.165, 1.54) is 6.42 Å². The molecule has 0 aromatic heterocycles. The van der Waals surface area contributed by atoms with Crippen molar-refractivity contribution in [1.29, 1.82) is 0 Å². The summed E-state index contributed by atoms with van der Waals surface area (Å²) in [6, 6.07) is 0. The molecular formula is C17H28O2Si. The van der Waals surface area contributed by atoms with E-state index in [9.17, 15) is 5.11 Å². The van der Waals surface area contributed by atoms with Gasteiger partial charge in [0.05, 0.1) is 12.2 Å². The van der Waals surface area contributed by atoms with Crippen molar-refractivity contribution in [2.75, 3.05) is 0 Å². The minimum Gasteiger partial charge on any atom is -0.410 e. The third-order valence-corrected chi connectivity index (χ3v) is 10.6. The molecule has 0 saturated heterocycles. The van der Waals surface area contributed by atoms with Crippen LogP contribution in [0.4, 0.5) is 0 Å². The zero-order valence-electron chi connectivity index (χ0n) is 13.3. The van der Waals surface area contributed by atoms with Gasteiger partial charge in [-0.15, -0.1) is 0 Å². The molecule has 3 rings (SSSR count). The molecular weight excluding hydrogens is 264 g/mol. The summed E-state index contributed by atoms with van der Waals surface area (Å²) >= 11 is 0. The summed E-state index contributed by atoms with van der Waals surface area (Å²) in [5, 5.41) is 10.5. The molecule has 3 aliphatic rings. The lowest BCUT2D eigenvalue weighted by Gasteiger charge is -2.45. The molecule has 0 spiro atoms. The molecule has 0 amide bonds. The third kappa shape index (κ3) is 2.15. The lowest BCUT2D eigenvalue weighted by atomic mass is 9.73. The van der Waals surface area contributed by atoms with Crippen molar-refractivity contribution in [1.82, 2.24) is 0 Å². The maximum atomic E-state index is 10.3. The van der Waals surface area contributed by atoms with Gasteiger partial charge in [0.1, 0.15) is 0 Å². The number of allylic oxidation sites excluding steroid dienone is 2. The number of hydrogen-bond donors (Lipinski definition) is 1. The highest BCUT2D eigenvalue weighted by molar-refractivity contribution is 6.74. The summed E-state index contributed by atoms with van der Waals surface area (Å²) in [5.74, 6) is 2.04. The first-order valence-corrected chi connectivity index (χ1v) is 10.8. The fourth-order valence-corrected chi connectivity index (χ4v) is 5.23. The van der Waals surface area contributed by atoms with Crippen molar-refractivity contribution in [3.8, 4) is 0 Å². The van der Waals surface area contributed by atoms with Gasteiger partial charge in [0, 0.05) is 5.92 Å². The fraction of sp³-hybridized carbons (Fsp3) is 0.765. The Labute approximate surface area is 124 Å². The van der Waals surface area contributed by atoms with Crippen molar-refractivity contribution in [2.24, 2.45) is 23.7 Å². The second-order valence-corrected chi connectivity index (χ2v) is 13.1. The molecule has 0 unspecified atom stereocenters. The van der Waals surface area contributed by atoms with E-state index in [1.807, 2.05) is 6.08 Å². The van der Waals surface area contributed by atoms with Crippen LogP contribution in [0.25, 0.3) is 0 Å². The Hall–Kier alpha value is -0.383. The van der Waals surface area contributed by atoms with E-state index in [1.54, 1.807) is 0 Å². The largest absolute Gasteiger partial charge is 0.410 e. The smallest absolute Gasteiger partial charge is 0.192 e. The first-order valence-electron chi connectivity index (χ1n) is 7.93. The summed E-state index contributed by atoms with van der Waals surface area (Å²) in [4.78, 5) is 0. The Bertz CT molecular complexity index is 446. The molecule has 112 valence electrons. The van der Waals surface area contributed by atoms with E-state index in [2.05, 4.69) is 52.1 Å². The zero-order chi connectivity index (χ0) is 14.7. The summed E-state index contributed by atoms with van der Waals surface area (Å²) < 4.78 is 6.67. The molecule has 0 aliphatic heterocycles. The van der Waals surface area contributed by atoms with Crippen LogP contribution in [0, 0.1) is 23.7 Å². The van der Waals surface area contributed by atoms with Crippen LogP contribution in [0.3, 0.4) is 0 Å². The minimum atomic E-state index is -1.76. The Balaban J connectivity index is 1.84. The quantitative estimate of drug-likeness (QED) is 0.620. The van der Waals surface area contributed by atoms with Crippen LogP contribution in [0.15, 0.2) is 24.3 Å². The first-order chi connectivity index (χ1) is 9.21. The van der Waals surface area contributed by atoms with E-state index in [0.29, 0.717) is 23.7 Å². The number of rotatable bonds is 2. The summed E-state index contributed by atoms with van der Waals surface area (Å²) in [6.07, 6.45) is 9.93. The number of hydrogen-bond acceptors (Lipinski definition) is 2. The highest BCUT2D eigenvalue weighted by Crippen LogP contribution is 2.54. The Morgan fingerprint density at radius 1 is 1.00 bits per heavy atom. The molecule has 2 bridgehead atoms. The molecule has 2 nitrogen and oxygen atoms in total. The molecule has 20 heavy (non-hydrogen) atoms. The fourth-order valence-electron chi connectivity index (χ4n) is 3.96. The van der Waals surface area contributed by atoms with Crippen molar-refractivity contribution in [3.63, 3.8) is 0 Å². The normalized spacial score (nSPS) is 43.1. The van der Waals surface area contributed by atoms with Gasteiger partial charge in [-0.3, -0.25) is 0 Å². The average Bonchev–Trinajstić information content (AvgIpc) is 2.92. The lowest BCUT2D eigenvalue weighted by molar-refractivity contribution is 0.0327. The topological polar surface area (TPSA) is 29.5 Å². The molecule has 1 fully saturated rings. The van der Waals surface area contributed by atoms with Crippen molar-refractivity contribution < 1.29 is 9.53 Å². The predicted octanol–water partition coefficient (Wildman–Crippen LogP) is 3.75. The van der Waals surface area contributed by atoms with Crippen LogP contribution in [-0.2, 0) is 4.43 Å². The molecule has 0 aromatic carbocycles. The van der Waals surface area contributed by atoms with E-state index in [0.717, 1.165) is 0 Å². The van der Waals surface area contributed by atoms with Crippen LogP contribution in [0.5, 0.6) is 0 Å². The van der Waals surface area contributed by atoms with Gasteiger partial charge in [-0.05, 0) is 42.3 Å². The maximum absolute atomic E-state index is 10.3. The van der Waals surface area contributed by atoms with Crippen molar-refractivity contribution >= 4 is 8.32 Å². The molecule has 0 aromatic rings. The highest BCUT2D eigenvalue weighted by atomic mass is 28.4. The molecule has 6 atom stereocenters. The lowest BCUT2D eigenvalue weighted by Crippen LogP contribution is -2.49. The maximum Gasteiger partial charge on any atom is 0.192 e. The van der Waals surface area contributed by atoms with Gasteiger partial charge in [0.25, 0.3) is 0 Å². The highest BCUT2D eigenvalue weighted by Gasteiger charge is 2.53. The minimum absolute atomic E-state index is 0.198. The summed E-state index contributed by atoms with van der Waals surface area (Å²) in [5.41, 5.74) is 0. The van der Waals surface area contributed by atoms with Gasteiger partial charge in [-0.25, -0.2) is 0 Å². The van der Waals surface area contributed by atoms with E-state index < -0.39 is 8.32 Å². The molecule has 0 radical (unpaired) electrons. The summed E-state index contributed by atoms with van der Waals surface area (Å²) in [6.45, 7) is 11.5. The molecule has 3 aliphatic carbocycles. The second kappa shape index (κ2) is 4.55. The Kier molecular flexibility index (Phi) is 3.31. The predicted molar refractivity (Wildman–Crippen MR) is 84.9 cm³/mol. The van der Waals surface area contributed by atoms with Crippen molar-refractivity contribution in [2.45, 2.75) is 57.5 Å². The average molecular weight is 292 g/mol.